The molecule has 1 saturated heterocycles. The normalized spacial score (nSPS) is 16.3. The zero-order chi connectivity index (χ0) is 22.9. The van der Waals surface area contributed by atoms with Crippen molar-refractivity contribution in [3.8, 4) is 5.69 Å². The molecule has 168 valence electrons. The SMILES string of the molecule is Cc1cccc(C)c1Sc1c(C(=O)N2CCN[C@@H](C)C2)c2ncccc2n1-c1ccccc1. The summed E-state index contributed by atoms with van der Waals surface area (Å²) < 4.78 is 2.19. The number of carbonyl (C=O) groups is 1. The van der Waals surface area contributed by atoms with Gasteiger partial charge in [-0.3, -0.25) is 9.78 Å². The number of nitrogens with one attached hydrogen (secondary N) is 1. The molecule has 5 rings (SSSR count). The zero-order valence-corrected chi connectivity index (χ0v) is 20.0. The van der Waals surface area contributed by atoms with Gasteiger partial charge in [-0.15, -0.1) is 0 Å². The second kappa shape index (κ2) is 9.04. The summed E-state index contributed by atoms with van der Waals surface area (Å²) in [5.41, 5.74) is 5.82. The number of carbonyl (C=O) groups excluding carboxylic acids is 1. The quantitative estimate of drug-likeness (QED) is 0.457. The molecule has 33 heavy (non-hydrogen) atoms. The van der Waals surface area contributed by atoms with Crippen molar-refractivity contribution in [2.24, 2.45) is 0 Å². The number of aromatic nitrogens is 2. The summed E-state index contributed by atoms with van der Waals surface area (Å²) in [5, 5.41) is 4.36. The van der Waals surface area contributed by atoms with Crippen LogP contribution in [0.5, 0.6) is 0 Å². The van der Waals surface area contributed by atoms with Crippen LogP contribution >= 0.6 is 11.8 Å². The molecule has 4 aromatic rings. The number of rotatable bonds is 4. The van der Waals surface area contributed by atoms with Gasteiger partial charge in [0, 0.05) is 42.5 Å². The van der Waals surface area contributed by atoms with Crippen molar-refractivity contribution < 1.29 is 4.79 Å². The highest BCUT2D eigenvalue weighted by molar-refractivity contribution is 7.99. The van der Waals surface area contributed by atoms with Crippen LogP contribution in [-0.2, 0) is 0 Å². The maximum Gasteiger partial charge on any atom is 0.258 e. The van der Waals surface area contributed by atoms with Crippen LogP contribution in [0.15, 0.2) is 76.8 Å². The van der Waals surface area contributed by atoms with Gasteiger partial charge in [-0.05, 0) is 56.2 Å². The van der Waals surface area contributed by atoms with E-state index in [1.165, 1.54) is 16.0 Å². The fourth-order valence-corrected chi connectivity index (χ4v) is 5.78. The van der Waals surface area contributed by atoms with E-state index in [1.807, 2.05) is 29.2 Å². The second-order valence-electron chi connectivity index (χ2n) is 8.65. The van der Waals surface area contributed by atoms with E-state index in [9.17, 15) is 4.79 Å². The first-order valence-electron chi connectivity index (χ1n) is 11.4. The van der Waals surface area contributed by atoms with Crippen molar-refractivity contribution in [2.45, 2.75) is 36.7 Å². The highest BCUT2D eigenvalue weighted by Gasteiger charge is 2.30. The molecule has 1 aliphatic rings. The molecule has 1 aliphatic heterocycles. The number of nitrogens with zero attached hydrogens (tertiary/aromatic N) is 3. The average molecular weight is 457 g/mol. The summed E-state index contributed by atoms with van der Waals surface area (Å²) in [5.74, 6) is 0.0514. The number of amides is 1. The van der Waals surface area contributed by atoms with Crippen LogP contribution < -0.4 is 5.32 Å². The van der Waals surface area contributed by atoms with E-state index in [4.69, 9.17) is 4.98 Å². The molecule has 1 N–H and O–H groups in total. The van der Waals surface area contributed by atoms with Gasteiger partial charge in [0.2, 0.25) is 0 Å². The minimum Gasteiger partial charge on any atom is -0.336 e. The molecule has 0 radical (unpaired) electrons. The Hall–Kier alpha value is -3.09. The highest BCUT2D eigenvalue weighted by atomic mass is 32.2. The first-order chi connectivity index (χ1) is 16.0. The highest BCUT2D eigenvalue weighted by Crippen LogP contribution is 2.41. The van der Waals surface area contributed by atoms with Crippen molar-refractivity contribution in [2.75, 3.05) is 19.6 Å². The summed E-state index contributed by atoms with van der Waals surface area (Å²) in [4.78, 5) is 21.9. The maximum absolute atomic E-state index is 14.0. The van der Waals surface area contributed by atoms with Gasteiger partial charge in [0.25, 0.3) is 5.91 Å². The molecule has 2 aromatic heterocycles. The Bertz CT molecular complexity index is 1290. The molecule has 0 unspecified atom stereocenters. The third-order valence-corrected chi connectivity index (χ3v) is 7.60. The monoisotopic (exact) mass is 456 g/mol. The minimum atomic E-state index is 0.0514. The summed E-state index contributed by atoms with van der Waals surface area (Å²) >= 11 is 1.67. The van der Waals surface area contributed by atoms with Gasteiger partial charge in [-0.1, -0.05) is 48.2 Å². The van der Waals surface area contributed by atoms with Crippen LogP contribution in [0.1, 0.15) is 28.4 Å². The summed E-state index contributed by atoms with van der Waals surface area (Å²) in [6.45, 7) is 8.57. The number of pyridine rings is 1. The van der Waals surface area contributed by atoms with E-state index in [0.29, 0.717) is 18.7 Å². The molecule has 0 bridgehead atoms. The van der Waals surface area contributed by atoms with Crippen molar-refractivity contribution >= 4 is 28.7 Å². The van der Waals surface area contributed by atoms with Crippen LogP contribution in [0, 0.1) is 13.8 Å². The standard InChI is InChI=1S/C27H28N4OS/c1-18-9-7-10-19(2)25(18)33-27-23(26(32)30-16-15-28-20(3)17-30)24-22(13-8-14-29-24)31(27)21-11-5-4-6-12-21/h4-14,20,28H,15-17H2,1-3H3/t20-/m0/s1. The first kappa shape index (κ1) is 21.7. The van der Waals surface area contributed by atoms with Crippen LogP contribution in [0.25, 0.3) is 16.7 Å². The van der Waals surface area contributed by atoms with Crippen LogP contribution in [-0.4, -0.2) is 46.0 Å². The van der Waals surface area contributed by atoms with Gasteiger partial charge in [0.05, 0.1) is 16.1 Å². The Labute approximate surface area is 198 Å². The van der Waals surface area contributed by atoms with Gasteiger partial charge in [-0.25, -0.2) is 0 Å². The molecular weight excluding hydrogens is 428 g/mol. The smallest absolute Gasteiger partial charge is 0.258 e. The topological polar surface area (TPSA) is 50.2 Å². The summed E-state index contributed by atoms with van der Waals surface area (Å²) in [6.07, 6.45) is 1.78. The number of benzene rings is 2. The number of hydrogen-bond acceptors (Lipinski definition) is 4. The van der Waals surface area contributed by atoms with Gasteiger partial charge >= 0.3 is 0 Å². The Balaban J connectivity index is 1.76. The van der Waals surface area contributed by atoms with Crippen LogP contribution in [0.3, 0.4) is 0 Å². The Morgan fingerprint density at radius 2 is 1.79 bits per heavy atom. The van der Waals surface area contributed by atoms with E-state index in [2.05, 4.69) is 67.1 Å². The molecule has 1 fully saturated rings. The number of hydrogen-bond donors (Lipinski definition) is 1. The lowest BCUT2D eigenvalue weighted by molar-refractivity contribution is 0.0707. The predicted octanol–water partition coefficient (Wildman–Crippen LogP) is 5.23. The van der Waals surface area contributed by atoms with E-state index in [1.54, 1.807) is 18.0 Å². The summed E-state index contributed by atoms with van der Waals surface area (Å²) in [6, 6.07) is 20.9. The van der Waals surface area contributed by atoms with Gasteiger partial charge in [0.15, 0.2) is 0 Å². The lowest BCUT2D eigenvalue weighted by Gasteiger charge is -2.32. The Kier molecular flexibility index (Phi) is 5.96. The van der Waals surface area contributed by atoms with E-state index >= 15 is 0 Å². The van der Waals surface area contributed by atoms with E-state index in [0.717, 1.165) is 28.3 Å². The largest absolute Gasteiger partial charge is 0.336 e. The lowest BCUT2D eigenvalue weighted by atomic mass is 10.2. The maximum atomic E-state index is 14.0. The van der Waals surface area contributed by atoms with Crippen LogP contribution in [0.4, 0.5) is 0 Å². The molecule has 6 heteroatoms. The number of aryl methyl sites for hydroxylation is 2. The molecule has 0 aliphatic carbocycles. The molecule has 0 spiro atoms. The number of piperazine rings is 1. The lowest BCUT2D eigenvalue weighted by Crippen LogP contribution is -2.51. The van der Waals surface area contributed by atoms with Gasteiger partial charge < -0.3 is 14.8 Å². The zero-order valence-electron chi connectivity index (χ0n) is 19.2. The van der Waals surface area contributed by atoms with Crippen LogP contribution in [0.2, 0.25) is 0 Å². The van der Waals surface area contributed by atoms with Crippen molar-refractivity contribution in [1.82, 2.24) is 19.8 Å². The molecular formula is C27H28N4OS. The third-order valence-electron chi connectivity index (χ3n) is 6.17. The van der Waals surface area contributed by atoms with Crippen molar-refractivity contribution in [3.05, 3.63) is 83.6 Å². The molecule has 1 amide bonds. The number of para-hydroxylation sites is 1. The second-order valence-corrected chi connectivity index (χ2v) is 9.65. The van der Waals surface area contributed by atoms with E-state index < -0.39 is 0 Å². The van der Waals surface area contributed by atoms with Crippen molar-refractivity contribution in [3.63, 3.8) is 0 Å². The fraction of sp³-hybridized carbons (Fsp3) is 0.259. The van der Waals surface area contributed by atoms with Crippen molar-refractivity contribution in [1.29, 1.82) is 0 Å². The average Bonchev–Trinajstić information content (AvgIpc) is 3.15. The minimum absolute atomic E-state index is 0.0514. The molecule has 2 aromatic carbocycles. The van der Waals surface area contributed by atoms with Gasteiger partial charge in [-0.2, -0.15) is 0 Å². The molecule has 1 atom stereocenters. The predicted molar refractivity (Wildman–Crippen MR) is 134 cm³/mol. The summed E-state index contributed by atoms with van der Waals surface area (Å²) in [7, 11) is 0. The fourth-order valence-electron chi connectivity index (χ4n) is 4.55. The number of fused-ring (bicyclic) bond motifs is 1. The Morgan fingerprint density at radius 1 is 1.03 bits per heavy atom. The Morgan fingerprint density at radius 3 is 2.52 bits per heavy atom. The molecule has 3 heterocycles. The molecule has 5 nitrogen and oxygen atoms in total. The van der Waals surface area contributed by atoms with Gasteiger partial charge in [0.1, 0.15) is 5.52 Å². The van der Waals surface area contributed by atoms with E-state index in [-0.39, 0.29) is 11.9 Å². The molecule has 0 saturated carbocycles. The third kappa shape index (κ3) is 4.05. The first-order valence-corrected chi connectivity index (χ1v) is 12.2.